The van der Waals surface area contributed by atoms with Crippen LogP contribution in [0.1, 0.15) is 96.6 Å². The summed E-state index contributed by atoms with van der Waals surface area (Å²) in [5.41, 5.74) is 7.07. The molecule has 0 spiro atoms. The SMILES string of the molecule is CC(C)(C)NC(=O)[C@H]1CC[C@H]2[C@@H]3CC[C@H]4NC(=O)C=C[C@]4(C)[C@H]3CC[C@]12C.Fc1ccc([C@@H]2CCNC[C@H]2COc2ccc3c(c2)OCO3)cc1.N[C@@H](Cc1ccc(O)c(O)c1)C(=O)O. The van der Waals surface area contributed by atoms with Crippen LogP contribution in [0.3, 0.4) is 0 Å². The van der Waals surface area contributed by atoms with E-state index in [0.717, 1.165) is 56.0 Å². The fourth-order valence-corrected chi connectivity index (χ4v) is 11.7. The number of piperidine rings is 1. The third-order valence-electron chi connectivity index (χ3n) is 15.0. The quantitative estimate of drug-likeness (QED) is 0.113. The zero-order valence-corrected chi connectivity index (χ0v) is 38.3. The number of amides is 2. The Bertz CT molecular complexity index is 2210. The molecule has 9 rings (SSSR count). The summed E-state index contributed by atoms with van der Waals surface area (Å²) >= 11 is 0. The molecule has 0 bridgehead atoms. The molecule has 8 N–H and O–H groups in total. The average molecular weight is 899 g/mol. The molecule has 2 amide bonds. The zero-order chi connectivity index (χ0) is 46.7. The maximum Gasteiger partial charge on any atom is 0.320 e. The van der Waals surface area contributed by atoms with Crippen LogP contribution in [-0.4, -0.2) is 77.2 Å². The number of aromatic hydroxyl groups is 2. The number of carboxylic acids is 1. The molecule has 3 aliphatic carbocycles. The smallest absolute Gasteiger partial charge is 0.320 e. The fourth-order valence-electron chi connectivity index (χ4n) is 11.7. The van der Waals surface area contributed by atoms with Gasteiger partial charge in [0.15, 0.2) is 23.0 Å². The van der Waals surface area contributed by atoms with Crippen molar-refractivity contribution in [2.75, 3.05) is 26.5 Å². The van der Waals surface area contributed by atoms with Gasteiger partial charge in [0.1, 0.15) is 17.6 Å². The molecule has 14 heteroatoms. The van der Waals surface area contributed by atoms with Crippen molar-refractivity contribution in [3.05, 3.63) is 89.8 Å². The molecule has 352 valence electrons. The van der Waals surface area contributed by atoms with Crippen molar-refractivity contribution in [3.63, 3.8) is 0 Å². The van der Waals surface area contributed by atoms with Gasteiger partial charge in [-0.1, -0.05) is 38.1 Å². The van der Waals surface area contributed by atoms with Crippen molar-refractivity contribution in [3.8, 4) is 28.7 Å². The van der Waals surface area contributed by atoms with Crippen LogP contribution in [0.25, 0.3) is 0 Å². The molecule has 0 radical (unpaired) electrons. The maximum atomic E-state index is 13.2. The van der Waals surface area contributed by atoms with Gasteiger partial charge in [0.2, 0.25) is 18.6 Å². The standard InChI is InChI=1S/C23H36N2O2.C19H20FNO3.C9H11NO4/c1-21(2,3)25-20(27)17-8-7-15-14-6-9-18-23(5,13-11-19(26)24-18)16(14)10-12-22(15,17)4;20-15-3-1-13(2-4-15)17-7-8-21-10-14(17)11-22-16-5-6-18-19(9-16)24-12-23-18;10-6(9(13)14)3-5-1-2-7(11)8(12)4-5/h11,13-18H,6-10,12H2,1-5H3,(H,24,26)(H,25,27);1-6,9,14,17,21H,7-8,10-12H2;1-2,4,6,11-12H,3,10H2,(H,13,14)/t14-,15-,16-,17+,18+,22-,23+;14-,17-;6-/m000/s1. The van der Waals surface area contributed by atoms with E-state index in [2.05, 4.69) is 56.6 Å². The average Bonchev–Trinajstić information content (AvgIpc) is 3.89. The molecule has 0 aromatic heterocycles. The maximum absolute atomic E-state index is 13.2. The number of rotatable bonds is 8. The van der Waals surface area contributed by atoms with Gasteiger partial charge in [-0.2, -0.15) is 0 Å². The summed E-state index contributed by atoms with van der Waals surface area (Å²) in [6.45, 7) is 13.7. The highest BCUT2D eigenvalue weighted by Gasteiger charge is 2.61. The lowest BCUT2D eigenvalue weighted by atomic mass is 9.48. The van der Waals surface area contributed by atoms with E-state index in [4.69, 9.17) is 35.3 Å². The molecular formula is C51H67FN4O9. The highest BCUT2D eigenvalue weighted by atomic mass is 19.1. The summed E-state index contributed by atoms with van der Waals surface area (Å²) in [6, 6.07) is 15.9. The number of carbonyl (C=O) groups excluding carboxylic acids is 2. The van der Waals surface area contributed by atoms with E-state index in [9.17, 15) is 18.8 Å². The molecular weight excluding hydrogens is 832 g/mol. The summed E-state index contributed by atoms with van der Waals surface area (Å²) in [7, 11) is 0. The number of benzene rings is 3. The molecule has 3 heterocycles. The lowest BCUT2D eigenvalue weighted by Crippen LogP contribution is -2.59. The molecule has 6 aliphatic rings. The Morgan fingerprint density at radius 2 is 1.69 bits per heavy atom. The van der Waals surface area contributed by atoms with Gasteiger partial charge in [-0.15, -0.1) is 0 Å². The number of phenols is 2. The molecule has 3 aromatic rings. The Morgan fingerprint density at radius 3 is 2.42 bits per heavy atom. The number of nitrogens with two attached hydrogens (primary N) is 1. The van der Waals surface area contributed by atoms with Crippen molar-refractivity contribution < 1.29 is 48.3 Å². The second-order valence-corrected chi connectivity index (χ2v) is 20.3. The van der Waals surface area contributed by atoms with Gasteiger partial charge in [-0.3, -0.25) is 14.4 Å². The van der Waals surface area contributed by atoms with E-state index in [1.165, 1.54) is 55.2 Å². The Balaban J connectivity index is 0.000000153. The Morgan fingerprint density at radius 1 is 0.938 bits per heavy atom. The number of hydrogen-bond acceptors (Lipinski definition) is 10. The van der Waals surface area contributed by atoms with Gasteiger partial charge in [-0.25, -0.2) is 4.39 Å². The number of hydrogen-bond donors (Lipinski definition) is 7. The van der Waals surface area contributed by atoms with E-state index in [-0.39, 0.29) is 70.7 Å². The number of halogens is 1. The van der Waals surface area contributed by atoms with Gasteiger partial charge in [0, 0.05) is 41.4 Å². The summed E-state index contributed by atoms with van der Waals surface area (Å²) < 4.78 is 29.9. The minimum atomic E-state index is -1.10. The zero-order valence-electron chi connectivity index (χ0n) is 38.3. The van der Waals surface area contributed by atoms with Gasteiger partial charge in [-0.05, 0) is 161 Å². The van der Waals surface area contributed by atoms with Crippen molar-refractivity contribution in [1.29, 1.82) is 0 Å². The molecule has 13 nitrogen and oxygen atoms in total. The fraction of sp³-hybridized carbons (Fsp3) is 0.549. The van der Waals surface area contributed by atoms with Crippen LogP contribution >= 0.6 is 0 Å². The van der Waals surface area contributed by atoms with Crippen molar-refractivity contribution in [2.24, 2.45) is 46.2 Å². The second-order valence-electron chi connectivity index (χ2n) is 20.3. The highest BCUT2D eigenvalue weighted by molar-refractivity contribution is 5.89. The van der Waals surface area contributed by atoms with Gasteiger partial charge in [0.25, 0.3) is 0 Å². The largest absolute Gasteiger partial charge is 0.504 e. The molecule has 1 saturated heterocycles. The van der Waals surface area contributed by atoms with Crippen LogP contribution < -0.4 is 35.9 Å². The summed E-state index contributed by atoms with van der Waals surface area (Å²) in [5.74, 6) is 3.58. The summed E-state index contributed by atoms with van der Waals surface area (Å²) in [5, 5.41) is 36.5. The lowest BCUT2D eigenvalue weighted by molar-refractivity contribution is -0.138. The number of aliphatic carboxylic acids is 1. The molecule has 4 fully saturated rings. The van der Waals surface area contributed by atoms with Crippen LogP contribution in [0.2, 0.25) is 0 Å². The number of carboxylic acid groups (broad SMARTS) is 1. The number of fused-ring (bicyclic) bond motifs is 6. The van der Waals surface area contributed by atoms with Crippen molar-refractivity contribution in [2.45, 2.75) is 110 Å². The Labute approximate surface area is 381 Å². The third kappa shape index (κ3) is 10.9. The minimum Gasteiger partial charge on any atom is -0.504 e. The number of ether oxygens (including phenoxy) is 3. The van der Waals surface area contributed by atoms with E-state index >= 15 is 0 Å². The first-order valence-electron chi connectivity index (χ1n) is 23.1. The van der Waals surface area contributed by atoms with Crippen LogP contribution in [0, 0.1) is 46.2 Å². The Hall–Kier alpha value is -5.34. The first-order valence-corrected chi connectivity index (χ1v) is 23.1. The highest BCUT2D eigenvalue weighted by Crippen LogP contribution is 2.65. The van der Waals surface area contributed by atoms with Crippen molar-refractivity contribution >= 4 is 17.8 Å². The molecule has 10 atom stereocenters. The number of nitrogens with one attached hydrogen (secondary N) is 3. The van der Waals surface area contributed by atoms with Crippen LogP contribution in [0.15, 0.2) is 72.8 Å². The van der Waals surface area contributed by atoms with E-state index in [1.807, 2.05) is 30.3 Å². The summed E-state index contributed by atoms with van der Waals surface area (Å²) in [4.78, 5) is 35.3. The minimum absolute atomic E-state index is 0.0661. The number of carbonyl (C=O) groups is 3. The van der Waals surface area contributed by atoms with E-state index in [0.29, 0.717) is 41.8 Å². The molecule has 3 aromatic carbocycles. The monoisotopic (exact) mass is 898 g/mol. The second kappa shape index (κ2) is 19.6. The normalized spacial score (nSPS) is 30.1. The first-order chi connectivity index (χ1) is 30.8. The molecule has 3 aliphatic heterocycles. The molecule has 0 unspecified atom stereocenters. The van der Waals surface area contributed by atoms with Crippen LogP contribution in [0.4, 0.5) is 4.39 Å². The molecule has 65 heavy (non-hydrogen) atoms. The van der Waals surface area contributed by atoms with Gasteiger partial charge < -0.3 is 51.2 Å². The summed E-state index contributed by atoms with van der Waals surface area (Å²) in [6.07, 6.45) is 11.9. The third-order valence-corrected chi connectivity index (χ3v) is 15.0. The van der Waals surface area contributed by atoms with Crippen LogP contribution in [-0.2, 0) is 20.8 Å². The van der Waals surface area contributed by atoms with Gasteiger partial charge >= 0.3 is 5.97 Å². The number of phenolic OH excluding ortho intramolecular Hbond substituents is 2. The first kappa shape index (κ1) is 47.6. The predicted octanol–water partition coefficient (Wildman–Crippen LogP) is 7.19. The van der Waals surface area contributed by atoms with Gasteiger partial charge in [0.05, 0.1) is 6.61 Å². The molecule has 3 saturated carbocycles. The van der Waals surface area contributed by atoms with E-state index < -0.39 is 12.0 Å². The Kier molecular flexibility index (Phi) is 14.4. The van der Waals surface area contributed by atoms with Crippen molar-refractivity contribution in [1.82, 2.24) is 16.0 Å². The van der Waals surface area contributed by atoms with E-state index in [1.54, 1.807) is 6.08 Å². The van der Waals surface area contributed by atoms with Crippen LogP contribution in [0.5, 0.6) is 28.7 Å². The lowest BCUT2D eigenvalue weighted by Gasteiger charge is -2.58. The topological polar surface area (TPSA) is 202 Å². The predicted molar refractivity (Wildman–Crippen MR) is 244 cm³/mol.